The summed E-state index contributed by atoms with van der Waals surface area (Å²) in [6.07, 6.45) is 2.39. The third-order valence-electron chi connectivity index (χ3n) is 2.36. The lowest BCUT2D eigenvalue weighted by atomic mass is 10.1. The molecule has 0 aliphatic rings. The Morgan fingerprint density at radius 1 is 1.47 bits per heavy atom. The zero-order valence-electron chi connectivity index (χ0n) is 9.46. The molecule has 0 rings (SSSR count). The standard InChI is InChI=1S/C10H16ClNO2S/c1-5-6-8(7-12)9(11)10(2,3)15(4,13)14/h5-6H2,1-4H3. The molecule has 0 saturated heterocycles. The van der Waals surface area contributed by atoms with Gasteiger partial charge in [0.25, 0.3) is 0 Å². The van der Waals surface area contributed by atoms with E-state index in [1.807, 2.05) is 13.0 Å². The zero-order chi connectivity index (χ0) is 12.3. The van der Waals surface area contributed by atoms with E-state index in [-0.39, 0.29) is 5.03 Å². The molecule has 0 saturated carbocycles. The van der Waals surface area contributed by atoms with Crippen molar-refractivity contribution in [3.63, 3.8) is 0 Å². The number of sulfone groups is 1. The predicted molar refractivity (Wildman–Crippen MR) is 62.3 cm³/mol. The zero-order valence-corrected chi connectivity index (χ0v) is 11.0. The Morgan fingerprint density at radius 3 is 2.20 bits per heavy atom. The number of halogens is 1. The molecule has 0 aromatic rings. The molecule has 0 unspecified atom stereocenters. The van der Waals surface area contributed by atoms with Crippen molar-refractivity contribution in [2.24, 2.45) is 0 Å². The minimum atomic E-state index is -3.32. The molecular weight excluding hydrogens is 234 g/mol. The maximum Gasteiger partial charge on any atom is 0.157 e. The summed E-state index contributed by atoms with van der Waals surface area (Å²) in [6, 6.07) is 1.96. The van der Waals surface area contributed by atoms with E-state index in [0.717, 1.165) is 12.7 Å². The molecular formula is C10H16ClNO2S. The lowest BCUT2D eigenvalue weighted by Gasteiger charge is -2.22. The summed E-state index contributed by atoms with van der Waals surface area (Å²) in [4.78, 5) is 0. The highest BCUT2D eigenvalue weighted by molar-refractivity contribution is 7.92. The van der Waals surface area contributed by atoms with Crippen molar-refractivity contribution in [2.45, 2.75) is 38.4 Å². The Labute approximate surface area is 96.7 Å². The first-order chi connectivity index (χ1) is 6.68. The van der Waals surface area contributed by atoms with Crippen molar-refractivity contribution in [1.82, 2.24) is 0 Å². The summed E-state index contributed by atoms with van der Waals surface area (Å²) in [5, 5.41) is 9.00. The van der Waals surface area contributed by atoms with Crippen molar-refractivity contribution >= 4 is 21.4 Å². The van der Waals surface area contributed by atoms with Gasteiger partial charge in [-0.1, -0.05) is 24.9 Å². The van der Waals surface area contributed by atoms with Gasteiger partial charge in [-0.2, -0.15) is 5.26 Å². The molecule has 0 N–H and O–H groups in total. The molecule has 0 bridgehead atoms. The van der Waals surface area contributed by atoms with E-state index in [0.29, 0.717) is 12.0 Å². The molecule has 3 nitrogen and oxygen atoms in total. The maximum absolute atomic E-state index is 11.5. The molecule has 15 heavy (non-hydrogen) atoms. The Balaban J connectivity index is 5.50. The highest BCUT2D eigenvalue weighted by Crippen LogP contribution is 2.32. The van der Waals surface area contributed by atoms with E-state index >= 15 is 0 Å². The van der Waals surface area contributed by atoms with Gasteiger partial charge in [0.1, 0.15) is 4.75 Å². The Morgan fingerprint density at radius 2 is 1.93 bits per heavy atom. The molecule has 0 aliphatic carbocycles. The van der Waals surface area contributed by atoms with E-state index in [2.05, 4.69) is 0 Å². The minimum absolute atomic E-state index is 0.134. The summed E-state index contributed by atoms with van der Waals surface area (Å²) < 4.78 is 21.8. The smallest absolute Gasteiger partial charge is 0.157 e. The van der Waals surface area contributed by atoms with E-state index in [1.165, 1.54) is 13.8 Å². The van der Waals surface area contributed by atoms with Gasteiger partial charge in [0.2, 0.25) is 0 Å². The van der Waals surface area contributed by atoms with Crippen LogP contribution in [0.15, 0.2) is 10.6 Å². The van der Waals surface area contributed by atoms with Gasteiger partial charge in [-0.25, -0.2) is 8.42 Å². The van der Waals surface area contributed by atoms with Crippen molar-refractivity contribution in [3.8, 4) is 6.07 Å². The van der Waals surface area contributed by atoms with Gasteiger partial charge in [-0.05, 0) is 20.3 Å². The fourth-order valence-corrected chi connectivity index (χ4v) is 2.00. The summed E-state index contributed by atoms with van der Waals surface area (Å²) in [6.45, 7) is 4.93. The van der Waals surface area contributed by atoms with E-state index in [1.54, 1.807) is 0 Å². The second-order valence-electron chi connectivity index (χ2n) is 3.94. The molecule has 0 fully saturated rings. The third-order valence-corrected chi connectivity index (χ3v) is 5.23. The second-order valence-corrected chi connectivity index (χ2v) is 6.88. The quantitative estimate of drug-likeness (QED) is 0.720. The van der Waals surface area contributed by atoms with Gasteiger partial charge >= 0.3 is 0 Å². The highest BCUT2D eigenvalue weighted by atomic mass is 35.5. The van der Waals surface area contributed by atoms with Gasteiger partial charge in [-0.15, -0.1) is 0 Å². The van der Waals surface area contributed by atoms with Crippen molar-refractivity contribution in [2.75, 3.05) is 6.26 Å². The normalized spacial score (nSPS) is 14.4. The summed E-state index contributed by atoms with van der Waals surface area (Å²) in [5.41, 5.74) is 0.356. The van der Waals surface area contributed by atoms with Crippen LogP contribution in [-0.2, 0) is 9.84 Å². The van der Waals surface area contributed by atoms with Gasteiger partial charge in [0, 0.05) is 11.8 Å². The fourth-order valence-electron chi connectivity index (χ4n) is 0.991. The van der Waals surface area contributed by atoms with Crippen LogP contribution >= 0.6 is 11.6 Å². The molecule has 0 aromatic carbocycles. The van der Waals surface area contributed by atoms with Crippen molar-refractivity contribution in [3.05, 3.63) is 10.6 Å². The van der Waals surface area contributed by atoms with Crippen LogP contribution in [0.3, 0.4) is 0 Å². The number of hydrogen-bond donors (Lipinski definition) is 0. The van der Waals surface area contributed by atoms with Crippen LogP contribution in [0.1, 0.15) is 33.6 Å². The van der Waals surface area contributed by atoms with Crippen LogP contribution in [0, 0.1) is 11.3 Å². The molecule has 86 valence electrons. The van der Waals surface area contributed by atoms with Crippen LogP contribution in [0.2, 0.25) is 0 Å². The predicted octanol–water partition coefficient (Wildman–Crippen LogP) is 2.63. The van der Waals surface area contributed by atoms with Gasteiger partial charge in [0.05, 0.1) is 11.1 Å². The Hall–Kier alpha value is -0.530. The fraction of sp³-hybridized carbons (Fsp3) is 0.700. The van der Waals surface area contributed by atoms with Crippen LogP contribution in [-0.4, -0.2) is 19.4 Å². The Bertz CT molecular complexity index is 402. The lowest BCUT2D eigenvalue weighted by molar-refractivity contribution is 0.576. The van der Waals surface area contributed by atoms with E-state index in [4.69, 9.17) is 16.9 Å². The first-order valence-corrected chi connectivity index (χ1v) is 6.94. The minimum Gasteiger partial charge on any atom is -0.228 e. The SMILES string of the molecule is CCCC(C#N)=C(Cl)C(C)(C)S(C)(=O)=O. The Kier molecular flexibility index (Phi) is 4.82. The largest absolute Gasteiger partial charge is 0.228 e. The molecule has 0 aliphatic heterocycles. The topological polar surface area (TPSA) is 57.9 Å². The van der Waals surface area contributed by atoms with Gasteiger partial charge < -0.3 is 0 Å². The molecule has 0 aromatic heterocycles. The van der Waals surface area contributed by atoms with E-state index in [9.17, 15) is 8.42 Å². The molecule has 0 amide bonds. The van der Waals surface area contributed by atoms with Crippen LogP contribution in [0.5, 0.6) is 0 Å². The maximum atomic E-state index is 11.5. The summed E-state index contributed by atoms with van der Waals surface area (Å²) in [5.74, 6) is 0. The number of nitriles is 1. The average Bonchev–Trinajstić information content (AvgIpc) is 2.11. The van der Waals surface area contributed by atoms with Crippen LogP contribution in [0.25, 0.3) is 0 Å². The first-order valence-electron chi connectivity index (χ1n) is 4.67. The highest BCUT2D eigenvalue weighted by Gasteiger charge is 2.35. The number of allylic oxidation sites excluding steroid dienone is 1. The summed E-state index contributed by atoms with van der Waals surface area (Å²) >= 11 is 5.98. The van der Waals surface area contributed by atoms with E-state index < -0.39 is 14.6 Å². The third kappa shape index (κ3) is 3.22. The average molecular weight is 250 g/mol. The first kappa shape index (κ1) is 14.5. The second kappa shape index (κ2) is 5.00. The number of rotatable bonds is 4. The summed E-state index contributed by atoms with van der Waals surface area (Å²) in [7, 11) is -3.32. The molecule has 0 heterocycles. The van der Waals surface area contributed by atoms with Crippen LogP contribution < -0.4 is 0 Å². The van der Waals surface area contributed by atoms with Gasteiger partial charge in [0.15, 0.2) is 9.84 Å². The monoisotopic (exact) mass is 249 g/mol. The molecule has 0 spiro atoms. The van der Waals surface area contributed by atoms with Crippen LogP contribution in [0.4, 0.5) is 0 Å². The van der Waals surface area contributed by atoms with Gasteiger partial charge in [-0.3, -0.25) is 0 Å². The number of nitrogens with zero attached hydrogens (tertiary/aromatic N) is 1. The molecule has 0 atom stereocenters. The van der Waals surface area contributed by atoms with Crippen molar-refractivity contribution < 1.29 is 8.42 Å². The van der Waals surface area contributed by atoms with Crippen molar-refractivity contribution in [1.29, 1.82) is 5.26 Å². The molecule has 0 radical (unpaired) electrons. The lowest BCUT2D eigenvalue weighted by Crippen LogP contribution is -2.32. The number of hydrogen-bond acceptors (Lipinski definition) is 3. The molecule has 5 heteroatoms.